The lowest BCUT2D eigenvalue weighted by atomic mass is 9.80. The fourth-order valence-corrected chi connectivity index (χ4v) is 7.14. The molecular weight excluding hydrogens is 494 g/mol. The molecule has 1 heteroatoms. The van der Waals surface area contributed by atoms with Crippen LogP contribution >= 0.6 is 0 Å². The minimum atomic E-state index is -0.192. The van der Waals surface area contributed by atoms with Gasteiger partial charge in [-0.1, -0.05) is 123 Å². The molecular formula is C40H27N. The van der Waals surface area contributed by atoms with Gasteiger partial charge in [-0.15, -0.1) is 0 Å². The van der Waals surface area contributed by atoms with Crippen LogP contribution in [0.5, 0.6) is 0 Å². The van der Waals surface area contributed by atoms with Gasteiger partial charge in [-0.05, 0) is 95.0 Å². The summed E-state index contributed by atoms with van der Waals surface area (Å²) in [5.41, 5.74) is 10.6. The molecule has 0 bridgehead atoms. The summed E-state index contributed by atoms with van der Waals surface area (Å²) in [6.45, 7) is 4.56. The maximum Gasteiger partial charge on any atom is 0.0991 e. The monoisotopic (exact) mass is 521 g/mol. The van der Waals surface area contributed by atoms with Gasteiger partial charge in [0.1, 0.15) is 0 Å². The maximum atomic E-state index is 9.56. The molecule has 0 saturated carbocycles. The van der Waals surface area contributed by atoms with Crippen LogP contribution in [0.3, 0.4) is 0 Å². The molecule has 0 saturated heterocycles. The van der Waals surface area contributed by atoms with Gasteiger partial charge in [-0.25, -0.2) is 0 Å². The Morgan fingerprint density at radius 1 is 0.488 bits per heavy atom. The zero-order valence-corrected chi connectivity index (χ0v) is 23.1. The van der Waals surface area contributed by atoms with Crippen molar-refractivity contribution >= 4 is 32.3 Å². The van der Waals surface area contributed by atoms with Crippen molar-refractivity contribution in [3.8, 4) is 39.4 Å². The lowest BCUT2D eigenvalue weighted by Gasteiger charge is -2.23. The highest BCUT2D eigenvalue weighted by Gasteiger charge is 2.36. The van der Waals surface area contributed by atoms with E-state index in [-0.39, 0.29) is 5.41 Å². The molecule has 7 aromatic rings. The molecule has 0 fully saturated rings. The minimum absolute atomic E-state index is 0.192. The third-order valence-electron chi connectivity index (χ3n) is 9.08. The van der Waals surface area contributed by atoms with Crippen molar-refractivity contribution in [2.75, 3.05) is 0 Å². The van der Waals surface area contributed by atoms with Crippen molar-refractivity contribution in [3.05, 3.63) is 144 Å². The van der Waals surface area contributed by atoms with Crippen LogP contribution in [-0.4, -0.2) is 0 Å². The van der Waals surface area contributed by atoms with E-state index in [1.165, 1.54) is 76.8 Å². The highest BCUT2D eigenvalue weighted by atomic mass is 14.4. The molecule has 1 nitrogen and oxygen atoms in total. The Morgan fingerprint density at radius 2 is 1.02 bits per heavy atom. The lowest BCUT2D eigenvalue weighted by molar-refractivity contribution is 0.660. The first-order chi connectivity index (χ1) is 20.1. The second-order valence-electron chi connectivity index (χ2n) is 11.6. The first-order valence-electron chi connectivity index (χ1n) is 14.2. The molecule has 1 aliphatic carbocycles. The summed E-state index contributed by atoms with van der Waals surface area (Å²) in [6.07, 6.45) is 0. The van der Waals surface area contributed by atoms with E-state index in [0.717, 1.165) is 0 Å². The van der Waals surface area contributed by atoms with Crippen molar-refractivity contribution < 1.29 is 0 Å². The molecule has 41 heavy (non-hydrogen) atoms. The lowest BCUT2D eigenvalue weighted by Crippen LogP contribution is -2.15. The Hall–Kier alpha value is -5.19. The number of nitrogens with zero attached hydrogens (tertiary/aromatic N) is 1. The van der Waals surface area contributed by atoms with Gasteiger partial charge in [-0.2, -0.15) is 5.26 Å². The molecule has 0 N–H and O–H groups in total. The molecule has 0 aliphatic heterocycles. The van der Waals surface area contributed by atoms with Crippen LogP contribution in [0.1, 0.15) is 30.5 Å². The average molecular weight is 522 g/mol. The summed E-state index contributed by atoms with van der Waals surface area (Å²) >= 11 is 0. The Labute approximate surface area is 239 Å². The Balaban J connectivity index is 1.44. The normalized spacial score (nSPS) is 13.3. The molecule has 0 amide bonds. The van der Waals surface area contributed by atoms with Crippen LogP contribution in [0.25, 0.3) is 65.7 Å². The topological polar surface area (TPSA) is 23.8 Å². The number of fused-ring (bicyclic) bond motifs is 6. The summed E-state index contributed by atoms with van der Waals surface area (Å²) in [4.78, 5) is 0. The van der Waals surface area contributed by atoms with E-state index in [1.54, 1.807) is 0 Å². The second kappa shape index (κ2) is 8.65. The summed E-state index contributed by atoms with van der Waals surface area (Å²) in [5.74, 6) is 0. The molecule has 0 unspecified atom stereocenters. The summed E-state index contributed by atoms with van der Waals surface area (Å²) < 4.78 is 0. The highest BCUT2D eigenvalue weighted by Crippen LogP contribution is 2.51. The van der Waals surface area contributed by atoms with Gasteiger partial charge in [0.25, 0.3) is 0 Å². The van der Waals surface area contributed by atoms with Gasteiger partial charge >= 0.3 is 0 Å². The Bertz CT molecular complexity index is 2180. The van der Waals surface area contributed by atoms with E-state index < -0.39 is 0 Å². The molecule has 0 atom stereocenters. The summed E-state index contributed by atoms with van der Waals surface area (Å²) in [7, 11) is 0. The average Bonchev–Trinajstić information content (AvgIpc) is 3.24. The van der Waals surface area contributed by atoms with Crippen molar-refractivity contribution in [1.82, 2.24) is 0 Å². The third kappa shape index (κ3) is 3.35. The summed E-state index contributed by atoms with van der Waals surface area (Å²) in [5, 5.41) is 17.1. The van der Waals surface area contributed by atoms with Gasteiger partial charge < -0.3 is 0 Å². The minimum Gasteiger partial charge on any atom is -0.192 e. The van der Waals surface area contributed by atoms with Gasteiger partial charge in [0.15, 0.2) is 0 Å². The quantitative estimate of drug-likeness (QED) is 0.208. The van der Waals surface area contributed by atoms with Gasteiger partial charge in [0, 0.05) is 5.41 Å². The number of rotatable bonds is 2. The molecule has 8 rings (SSSR count). The molecule has 0 spiro atoms. The van der Waals surface area contributed by atoms with Crippen LogP contribution in [0.4, 0.5) is 0 Å². The van der Waals surface area contributed by atoms with E-state index in [4.69, 9.17) is 0 Å². The molecule has 0 radical (unpaired) electrons. The van der Waals surface area contributed by atoms with Crippen LogP contribution in [0.2, 0.25) is 0 Å². The zero-order chi connectivity index (χ0) is 27.7. The largest absolute Gasteiger partial charge is 0.192 e. The summed E-state index contributed by atoms with van der Waals surface area (Å²) in [6, 6.07) is 48.5. The predicted octanol–water partition coefficient (Wildman–Crippen LogP) is 10.7. The molecule has 7 aromatic carbocycles. The van der Waals surface area contributed by atoms with Crippen molar-refractivity contribution in [1.29, 1.82) is 5.26 Å². The SMILES string of the molecule is CC1(C)c2cc(C#N)ccc2-c2ccc(-c3c4ccccc4c(-c4cccc5ccccc45)c4ccccc34)cc21. The Morgan fingerprint density at radius 3 is 1.68 bits per heavy atom. The predicted molar refractivity (Wildman–Crippen MR) is 172 cm³/mol. The Kier molecular flexibility index (Phi) is 5.00. The maximum absolute atomic E-state index is 9.56. The number of nitriles is 1. The van der Waals surface area contributed by atoms with E-state index >= 15 is 0 Å². The van der Waals surface area contributed by atoms with E-state index in [2.05, 4.69) is 141 Å². The van der Waals surface area contributed by atoms with Gasteiger partial charge in [0.05, 0.1) is 11.6 Å². The fourth-order valence-electron chi connectivity index (χ4n) is 7.14. The molecule has 1 aliphatic rings. The van der Waals surface area contributed by atoms with Crippen molar-refractivity contribution in [2.45, 2.75) is 19.3 Å². The zero-order valence-electron chi connectivity index (χ0n) is 23.1. The van der Waals surface area contributed by atoms with Crippen LogP contribution in [-0.2, 0) is 5.41 Å². The molecule has 0 heterocycles. The number of benzene rings is 7. The van der Waals surface area contributed by atoms with Gasteiger partial charge in [-0.3, -0.25) is 0 Å². The number of hydrogen-bond donors (Lipinski definition) is 0. The van der Waals surface area contributed by atoms with Gasteiger partial charge in [0.2, 0.25) is 0 Å². The molecule has 0 aromatic heterocycles. The third-order valence-corrected chi connectivity index (χ3v) is 9.08. The van der Waals surface area contributed by atoms with Crippen LogP contribution in [0.15, 0.2) is 127 Å². The van der Waals surface area contributed by atoms with Crippen LogP contribution in [0, 0.1) is 11.3 Å². The van der Waals surface area contributed by atoms with E-state index in [1.807, 2.05) is 6.07 Å². The van der Waals surface area contributed by atoms with Crippen molar-refractivity contribution in [2.24, 2.45) is 0 Å². The second-order valence-corrected chi connectivity index (χ2v) is 11.6. The van der Waals surface area contributed by atoms with Crippen LogP contribution < -0.4 is 0 Å². The van der Waals surface area contributed by atoms with E-state index in [9.17, 15) is 5.26 Å². The standard InChI is InChI=1S/C40H27N/c1-40(2)36-22-25(24-41)18-20-29(36)30-21-19-27(23-37(30)40)38-32-13-5-7-15-34(32)39(35-16-8-6-14-33(35)38)31-17-9-11-26-10-3-4-12-28(26)31/h3-23H,1-2H3. The smallest absolute Gasteiger partial charge is 0.0991 e. The van der Waals surface area contributed by atoms with Crippen molar-refractivity contribution in [3.63, 3.8) is 0 Å². The van der Waals surface area contributed by atoms with E-state index in [0.29, 0.717) is 5.56 Å². The number of hydrogen-bond acceptors (Lipinski definition) is 1. The molecule has 192 valence electrons. The fraction of sp³-hybridized carbons (Fsp3) is 0.0750. The first kappa shape index (κ1) is 23.7. The highest BCUT2D eigenvalue weighted by molar-refractivity contribution is 6.23. The first-order valence-corrected chi connectivity index (χ1v) is 14.2.